The molecule has 3 atom stereocenters. The highest BCUT2D eigenvalue weighted by Gasteiger charge is 2.44. The summed E-state index contributed by atoms with van der Waals surface area (Å²) in [5, 5.41) is 22.1. The number of carbonyl (C=O) groups excluding carboxylic acids is 4. The summed E-state index contributed by atoms with van der Waals surface area (Å²) >= 11 is 0.616. The van der Waals surface area contributed by atoms with Crippen LogP contribution in [0, 0.1) is 29.0 Å². The predicted octanol–water partition coefficient (Wildman–Crippen LogP) is 3.51. The van der Waals surface area contributed by atoms with E-state index < -0.39 is 58.9 Å². The molecule has 2 fully saturated rings. The van der Waals surface area contributed by atoms with Gasteiger partial charge in [0.1, 0.15) is 22.8 Å². The number of hydrogen-bond donors (Lipinski definition) is 5. The molecule has 4 rings (SSSR count). The van der Waals surface area contributed by atoms with Crippen LogP contribution in [0.25, 0.3) is 0 Å². The Balaban J connectivity index is 1.57. The predicted molar refractivity (Wildman–Crippen MR) is 192 cm³/mol. The first-order chi connectivity index (χ1) is 24.7. The van der Waals surface area contributed by atoms with Crippen molar-refractivity contribution in [3.05, 3.63) is 76.1 Å². The van der Waals surface area contributed by atoms with Crippen LogP contribution in [0.1, 0.15) is 62.1 Å². The molecular formula is C36H45F3N8O4S. The smallest absolute Gasteiger partial charge is 0.349 e. The van der Waals surface area contributed by atoms with E-state index in [-0.39, 0.29) is 22.1 Å². The van der Waals surface area contributed by atoms with Gasteiger partial charge in [0.15, 0.2) is 0 Å². The number of nitrogens with zero attached hydrogens (tertiary/aromatic N) is 3. The van der Waals surface area contributed by atoms with Gasteiger partial charge in [-0.3, -0.25) is 24.3 Å². The molecule has 0 bridgehead atoms. The number of anilines is 1. The molecule has 16 heteroatoms. The third kappa shape index (κ3) is 9.64. The highest BCUT2D eigenvalue weighted by molar-refractivity contribution is 8.01. The number of nitrogens with two attached hydrogens (primary N) is 2. The Morgan fingerprint density at radius 2 is 1.71 bits per heavy atom. The van der Waals surface area contributed by atoms with Crippen molar-refractivity contribution in [2.24, 2.45) is 22.7 Å². The normalized spacial score (nSPS) is 20.2. The molecule has 1 saturated carbocycles. The molecule has 2 aromatic carbocycles. The Morgan fingerprint density at radius 3 is 2.31 bits per heavy atom. The van der Waals surface area contributed by atoms with E-state index in [1.807, 2.05) is 14.0 Å². The number of carbonyl (C=O) groups is 4. The second-order valence-electron chi connectivity index (χ2n) is 13.5. The van der Waals surface area contributed by atoms with Crippen LogP contribution in [0.4, 0.5) is 18.9 Å². The molecule has 12 nitrogen and oxygen atoms in total. The van der Waals surface area contributed by atoms with Gasteiger partial charge in [-0.05, 0) is 73.5 Å². The fraction of sp³-hybridized carbons (Fsp3) is 0.472. The summed E-state index contributed by atoms with van der Waals surface area (Å²) in [5.74, 6) is -9.47. The summed E-state index contributed by atoms with van der Waals surface area (Å²) in [5.41, 5.74) is 4.84. The minimum absolute atomic E-state index is 0.0184. The molecule has 1 aliphatic heterocycles. The lowest BCUT2D eigenvalue weighted by Crippen LogP contribution is -2.55. The van der Waals surface area contributed by atoms with E-state index in [0.717, 1.165) is 24.4 Å². The SMILES string of the molecule is C[C@@H](c1ccc(NC(=O)[C@@H](NC(=O)C(F)(F)c2cccc(C#N)c2)[C@H]2CC[C@H](C)CC2)c(F)c1)[C@@H](NC(=O)/C(=C/N)SN)C(=O)N1CCN(C)CC1. The molecule has 7 N–H and O–H groups in total. The van der Waals surface area contributed by atoms with Gasteiger partial charge in [-0.1, -0.05) is 44.9 Å². The van der Waals surface area contributed by atoms with Crippen LogP contribution in [0.3, 0.4) is 0 Å². The maximum atomic E-state index is 15.8. The van der Waals surface area contributed by atoms with Gasteiger partial charge in [-0.2, -0.15) is 14.0 Å². The topological polar surface area (TPSA) is 187 Å². The Labute approximate surface area is 305 Å². The Kier molecular flexibility index (Phi) is 13.7. The summed E-state index contributed by atoms with van der Waals surface area (Å²) in [7, 11) is 1.93. The molecule has 2 aliphatic rings. The summed E-state index contributed by atoms with van der Waals surface area (Å²) < 4.78 is 46.5. The number of piperazine rings is 1. The summed E-state index contributed by atoms with van der Waals surface area (Å²) in [4.78, 5) is 57.1. The molecular weight excluding hydrogens is 698 g/mol. The number of alkyl halides is 2. The van der Waals surface area contributed by atoms with Crippen molar-refractivity contribution < 1.29 is 32.3 Å². The summed E-state index contributed by atoms with van der Waals surface area (Å²) in [6.45, 7) is 5.80. The fourth-order valence-corrected chi connectivity index (χ4v) is 6.73. The van der Waals surface area contributed by atoms with Gasteiger partial charge in [-0.15, -0.1) is 0 Å². The van der Waals surface area contributed by atoms with Crippen LogP contribution < -0.4 is 26.8 Å². The van der Waals surface area contributed by atoms with E-state index in [4.69, 9.17) is 16.1 Å². The maximum absolute atomic E-state index is 15.8. The number of nitriles is 1. The van der Waals surface area contributed by atoms with Crippen molar-refractivity contribution in [2.75, 3.05) is 38.5 Å². The molecule has 0 aromatic heterocycles. The molecule has 1 saturated heterocycles. The van der Waals surface area contributed by atoms with Crippen LogP contribution in [0.2, 0.25) is 0 Å². The maximum Gasteiger partial charge on any atom is 0.349 e. The molecule has 1 aliphatic carbocycles. The second-order valence-corrected chi connectivity index (χ2v) is 14.2. The van der Waals surface area contributed by atoms with E-state index in [1.54, 1.807) is 17.9 Å². The van der Waals surface area contributed by atoms with Gasteiger partial charge < -0.3 is 31.5 Å². The Bertz CT molecular complexity index is 1700. The van der Waals surface area contributed by atoms with E-state index in [2.05, 4.69) is 20.9 Å². The van der Waals surface area contributed by atoms with Crippen LogP contribution >= 0.6 is 11.9 Å². The lowest BCUT2D eigenvalue weighted by atomic mass is 9.79. The molecule has 280 valence electrons. The third-order valence-corrected chi connectivity index (χ3v) is 10.5. The zero-order chi connectivity index (χ0) is 38.2. The minimum Gasteiger partial charge on any atom is -0.403 e. The van der Waals surface area contributed by atoms with Gasteiger partial charge in [-0.25, -0.2) is 4.39 Å². The van der Waals surface area contributed by atoms with E-state index >= 15 is 13.2 Å². The van der Waals surface area contributed by atoms with Crippen molar-refractivity contribution in [1.82, 2.24) is 20.4 Å². The van der Waals surface area contributed by atoms with Gasteiger partial charge in [0, 0.05) is 43.9 Å². The zero-order valence-electron chi connectivity index (χ0n) is 29.3. The molecule has 0 unspecified atom stereocenters. The fourth-order valence-electron chi connectivity index (χ4n) is 6.49. The van der Waals surface area contributed by atoms with E-state index in [0.29, 0.717) is 75.3 Å². The number of likely N-dealkylation sites (N-methyl/N-ethyl adjacent to an activating group) is 1. The summed E-state index contributed by atoms with van der Waals surface area (Å²) in [6.07, 6.45) is 3.40. The first-order valence-electron chi connectivity index (χ1n) is 17.1. The Hall–Kier alpha value is -4.59. The van der Waals surface area contributed by atoms with Crippen LogP contribution in [0.15, 0.2) is 53.6 Å². The van der Waals surface area contributed by atoms with Gasteiger partial charge >= 0.3 is 5.92 Å². The van der Waals surface area contributed by atoms with Crippen molar-refractivity contribution in [2.45, 2.75) is 63.5 Å². The molecule has 4 amide bonds. The summed E-state index contributed by atoms with van der Waals surface area (Å²) in [6, 6.07) is 7.63. The van der Waals surface area contributed by atoms with Gasteiger partial charge in [0.2, 0.25) is 11.8 Å². The largest absolute Gasteiger partial charge is 0.403 e. The van der Waals surface area contributed by atoms with Gasteiger partial charge in [0.25, 0.3) is 11.8 Å². The third-order valence-electron chi connectivity index (χ3n) is 9.89. The second kappa shape index (κ2) is 17.8. The van der Waals surface area contributed by atoms with Crippen molar-refractivity contribution in [1.29, 1.82) is 5.26 Å². The minimum atomic E-state index is -4.06. The number of rotatable bonds is 12. The number of nitrogens with one attached hydrogen (secondary N) is 3. The van der Waals surface area contributed by atoms with Crippen molar-refractivity contribution in [3.63, 3.8) is 0 Å². The Morgan fingerprint density at radius 1 is 1.04 bits per heavy atom. The highest BCUT2D eigenvalue weighted by atomic mass is 32.2. The monoisotopic (exact) mass is 742 g/mol. The lowest BCUT2D eigenvalue weighted by Gasteiger charge is -2.36. The standard InChI is InChI=1S/C36H45F3N8O4S/c1-21-7-9-24(10-8-21)31(45-35(51)36(38,39)26-6-4-5-23(17-26)19-40)33(49)43-28-12-11-25(18-27(28)37)22(2)30(44-32(48)29(20-41)52-42)34(50)47-15-13-46(3)14-16-47/h4-6,11-12,17-18,20-22,24,30-31H,7-10,13-16,41-42H2,1-3H3,(H,43,49)(H,44,48)(H,45,51)/b29-20-/t21-,22-,24-,30+,31-/m0/s1. The number of halogens is 3. The average molecular weight is 743 g/mol. The number of amides is 4. The van der Waals surface area contributed by atoms with Crippen molar-refractivity contribution in [3.8, 4) is 6.07 Å². The van der Waals surface area contributed by atoms with E-state index in [9.17, 15) is 19.2 Å². The molecule has 0 spiro atoms. The molecule has 2 aromatic rings. The van der Waals surface area contributed by atoms with Gasteiger partial charge in [0.05, 0.1) is 17.3 Å². The highest BCUT2D eigenvalue weighted by Crippen LogP contribution is 2.34. The first kappa shape index (κ1) is 40.2. The zero-order valence-corrected chi connectivity index (χ0v) is 30.2. The lowest BCUT2D eigenvalue weighted by molar-refractivity contribution is -0.149. The van der Waals surface area contributed by atoms with Crippen LogP contribution in [0.5, 0.6) is 0 Å². The average Bonchev–Trinajstić information content (AvgIpc) is 3.14. The molecule has 0 radical (unpaired) electrons. The van der Waals surface area contributed by atoms with Crippen molar-refractivity contribution >= 4 is 41.3 Å². The first-order valence-corrected chi connectivity index (χ1v) is 17.9. The van der Waals surface area contributed by atoms with E-state index in [1.165, 1.54) is 24.3 Å². The molecule has 1 heterocycles. The molecule has 52 heavy (non-hydrogen) atoms. The number of benzene rings is 2. The van der Waals surface area contributed by atoms with Crippen LogP contribution in [-0.4, -0.2) is 78.7 Å². The number of hydrogen-bond acceptors (Lipinski definition) is 9. The van der Waals surface area contributed by atoms with Crippen LogP contribution in [-0.2, 0) is 25.1 Å². The quantitative estimate of drug-likeness (QED) is 0.160.